The Hall–Kier alpha value is -1.29. The third-order valence-corrected chi connectivity index (χ3v) is 3.72. The van der Waals surface area contributed by atoms with Crippen LogP contribution in [-0.2, 0) is 0 Å². The molecule has 0 heterocycles. The summed E-state index contributed by atoms with van der Waals surface area (Å²) in [6.45, 7) is 1.64. The molecule has 0 aromatic heterocycles. The third kappa shape index (κ3) is 2.43. The van der Waals surface area contributed by atoms with Crippen LogP contribution in [0.25, 0.3) is 0 Å². The van der Waals surface area contributed by atoms with Crippen molar-refractivity contribution in [3.05, 3.63) is 70.5 Å². The summed E-state index contributed by atoms with van der Waals surface area (Å²) in [5.41, 5.74) is 1.03. The molecule has 0 aliphatic rings. The fourth-order valence-corrected chi connectivity index (χ4v) is 2.47. The molecule has 0 radical (unpaired) electrons. The number of aryl methyl sites for hydroxylation is 1. The molecular weight excluding hydrogens is 305 g/mol. The van der Waals surface area contributed by atoms with Crippen LogP contribution in [0.1, 0.15) is 21.5 Å². The highest BCUT2D eigenvalue weighted by Crippen LogP contribution is 2.34. The Morgan fingerprint density at radius 2 is 1.72 bits per heavy atom. The zero-order valence-corrected chi connectivity index (χ0v) is 11.1. The second-order valence-corrected chi connectivity index (χ2v) is 4.92. The van der Waals surface area contributed by atoms with E-state index in [-0.39, 0.29) is 11.4 Å². The number of hydrogen-bond donors (Lipinski definition) is 0. The van der Waals surface area contributed by atoms with Crippen LogP contribution in [-0.4, -0.2) is 0 Å². The van der Waals surface area contributed by atoms with Crippen molar-refractivity contribution in [2.24, 2.45) is 0 Å². The van der Waals surface area contributed by atoms with Crippen LogP contribution in [0, 0.1) is 24.4 Å². The number of hydrogen-bond acceptors (Lipinski definition) is 0. The van der Waals surface area contributed by atoms with E-state index in [4.69, 9.17) is 0 Å². The van der Waals surface area contributed by atoms with Crippen molar-refractivity contribution in [2.45, 2.75) is 11.8 Å². The number of halogens is 4. The van der Waals surface area contributed by atoms with E-state index in [1.807, 2.05) is 0 Å². The van der Waals surface area contributed by atoms with Crippen LogP contribution in [0.5, 0.6) is 0 Å². The van der Waals surface area contributed by atoms with Crippen LogP contribution in [0.4, 0.5) is 13.2 Å². The molecule has 0 amide bonds. The van der Waals surface area contributed by atoms with Crippen molar-refractivity contribution in [1.29, 1.82) is 0 Å². The molecule has 2 aromatic rings. The summed E-state index contributed by atoms with van der Waals surface area (Å²) in [7, 11) is 0. The minimum atomic E-state index is -0.696. The van der Waals surface area contributed by atoms with E-state index >= 15 is 0 Å². The molecule has 0 nitrogen and oxygen atoms in total. The van der Waals surface area contributed by atoms with Gasteiger partial charge in [-0.15, -0.1) is 0 Å². The highest BCUT2D eigenvalue weighted by molar-refractivity contribution is 9.09. The molecule has 0 saturated carbocycles. The lowest BCUT2D eigenvalue weighted by atomic mass is 10.0. The van der Waals surface area contributed by atoms with E-state index in [1.165, 1.54) is 6.07 Å². The van der Waals surface area contributed by atoms with Gasteiger partial charge < -0.3 is 0 Å². The first kappa shape index (κ1) is 13.1. The minimum absolute atomic E-state index is 0.209. The zero-order valence-electron chi connectivity index (χ0n) is 9.55. The Balaban J connectivity index is 2.48. The predicted octanol–water partition coefficient (Wildman–Crippen LogP) is 4.90. The predicted molar refractivity (Wildman–Crippen MR) is 68.3 cm³/mol. The van der Waals surface area contributed by atoms with Crippen LogP contribution in [0.2, 0.25) is 0 Å². The van der Waals surface area contributed by atoms with Gasteiger partial charge in [-0.2, -0.15) is 0 Å². The van der Waals surface area contributed by atoms with E-state index in [0.717, 1.165) is 12.1 Å². The molecule has 2 rings (SSSR count). The molecule has 0 aliphatic heterocycles. The Labute approximate surface area is 112 Å². The molecule has 18 heavy (non-hydrogen) atoms. The van der Waals surface area contributed by atoms with E-state index in [9.17, 15) is 13.2 Å². The van der Waals surface area contributed by atoms with Gasteiger partial charge in [-0.05, 0) is 18.6 Å². The summed E-state index contributed by atoms with van der Waals surface area (Å²) in [5.74, 6) is -1.73. The second kappa shape index (κ2) is 5.14. The SMILES string of the molecule is Cc1cccc(C(Br)c2ccc(F)cc2F)c1F. The number of benzene rings is 2. The summed E-state index contributed by atoms with van der Waals surface area (Å²) in [6.07, 6.45) is 0. The zero-order chi connectivity index (χ0) is 13.3. The van der Waals surface area contributed by atoms with Crippen molar-refractivity contribution in [2.75, 3.05) is 0 Å². The average molecular weight is 315 g/mol. The van der Waals surface area contributed by atoms with Gasteiger partial charge in [0, 0.05) is 17.2 Å². The van der Waals surface area contributed by atoms with Crippen LogP contribution in [0.15, 0.2) is 36.4 Å². The van der Waals surface area contributed by atoms with Gasteiger partial charge >= 0.3 is 0 Å². The summed E-state index contributed by atoms with van der Waals surface area (Å²) in [5, 5.41) is 0. The molecule has 4 heteroatoms. The van der Waals surface area contributed by atoms with Crippen LogP contribution < -0.4 is 0 Å². The van der Waals surface area contributed by atoms with Gasteiger partial charge in [0.2, 0.25) is 0 Å². The molecule has 2 aromatic carbocycles. The van der Waals surface area contributed by atoms with Crippen molar-refractivity contribution in [1.82, 2.24) is 0 Å². The van der Waals surface area contributed by atoms with Gasteiger partial charge in [0.15, 0.2) is 0 Å². The quantitative estimate of drug-likeness (QED) is 0.692. The van der Waals surface area contributed by atoms with Gasteiger partial charge in [-0.25, -0.2) is 13.2 Å². The topological polar surface area (TPSA) is 0 Å². The first-order valence-corrected chi connectivity index (χ1v) is 6.26. The van der Waals surface area contributed by atoms with E-state index in [0.29, 0.717) is 11.1 Å². The van der Waals surface area contributed by atoms with Crippen LogP contribution >= 0.6 is 15.9 Å². The second-order valence-electron chi connectivity index (χ2n) is 4.01. The molecule has 0 aliphatic carbocycles. The van der Waals surface area contributed by atoms with Gasteiger partial charge in [-0.3, -0.25) is 0 Å². The average Bonchev–Trinajstić information content (AvgIpc) is 2.32. The number of alkyl halides is 1. The Kier molecular flexibility index (Phi) is 3.76. The molecule has 0 saturated heterocycles. The van der Waals surface area contributed by atoms with Crippen molar-refractivity contribution < 1.29 is 13.2 Å². The van der Waals surface area contributed by atoms with Crippen molar-refractivity contribution >= 4 is 15.9 Å². The Bertz CT molecular complexity index is 581. The molecule has 1 unspecified atom stereocenters. The van der Waals surface area contributed by atoms with Crippen molar-refractivity contribution in [3.8, 4) is 0 Å². The van der Waals surface area contributed by atoms with Gasteiger partial charge in [0.05, 0.1) is 4.83 Å². The van der Waals surface area contributed by atoms with Gasteiger partial charge in [0.1, 0.15) is 17.5 Å². The molecule has 94 valence electrons. The summed E-state index contributed by atoms with van der Waals surface area (Å²) in [6, 6.07) is 8.16. The maximum absolute atomic E-state index is 13.9. The highest BCUT2D eigenvalue weighted by atomic mass is 79.9. The monoisotopic (exact) mass is 314 g/mol. The third-order valence-electron chi connectivity index (χ3n) is 2.73. The first-order chi connectivity index (χ1) is 8.50. The van der Waals surface area contributed by atoms with E-state index < -0.39 is 16.5 Å². The Morgan fingerprint density at radius 1 is 1.00 bits per heavy atom. The maximum Gasteiger partial charge on any atom is 0.130 e. The standard InChI is InChI=1S/C14H10BrF3/c1-8-3-2-4-11(14(8)18)13(15)10-6-5-9(16)7-12(10)17/h2-7,13H,1H3. The molecule has 0 fully saturated rings. The minimum Gasteiger partial charge on any atom is -0.207 e. The Morgan fingerprint density at radius 3 is 2.39 bits per heavy atom. The molecule has 0 bridgehead atoms. The van der Waals surface area contributed by atoms with E-state index in [2.05, 4.69) is 15.9 Å². The van der Waals surface area contributed by atoms with Crippen molar-refractivity contribution in [3.63, 3.8) is 0 Å². The lowest BCUT2D eigenvalue weighted by Gasteiger charge is -2.13. The lowest BCUT2D eigenvalue weighted by Crippen LogP contribution is -2.01. The molecular formula is C14H10BrF3. The van der Waals surface area contributed by atoms with Gasteiger partial charge in [0.25, 0.3) is 0 Å². The summed E-state index contributed by atoms with van der Waals surface area (Å²) < 4.78 is 40.4. The first-order valence-electron chi connectivity index (χ1n) is 5.34. The highest BCUT2D eigenvalue weighted by Gasteiger charge is 2.19. The normalized spacial score (nSPS) is 12.5. The summed E-state index contributed by atoms with van der Waals surface area (Å²) in [4.78, 5) is -0.641. The fraction of sp³-hybridized carbons (Fsp3) is 0.143. The molecule has 0 spiro atoms. The van der Waals surface area contributed by atoms with Crippen LogP contribution in [0.3, 0.4) is 0 Å². The largest absolute Gasteiger partial charge is 0.207 e. The molecule has 1 atom stereocenters. The van der Waals surface area contributed by atoms with E-state index in [1.54, 1.807) is 25.1 Å². The van der Waals surface area contributed by atoms with Gasteiger partial charge in [-0.1, -0.05) is 40.2 Å². The number of rotatable bonds is 2. The lowest BCUT2D eigenvalue weighted by molar-refractivity contribution is 0.570. The maximum atomic E-state index is 13.9. The molecule has 0 N–H and O–H groups in total. The fourth-order valence-electron chi connectivity index (χ4n) is 1.74. The summed E-state index contributed by atoms with van der Waals surface area (Å²) >= 11 is 3.25. The smallest absolute Gasteiger partial charge is 0.130 e.